The molecule has 0 rings (SSSR count). The van der Waals surface area contributed by atoms with Crippen molar-refractivity contribution >= 4 is 11.8 Å². The first-order valence-corrected chi connectivity index (χ1v) is 3.49. The summed E-state index contributed by atoms with van der Waals surface area (Å²) in [5.41, 5.74) is 5.13. The van der Waals surface area contributed by atoms with Gasteiger partial charge in [-0.25, -0.2) is 0 Å². The maximum absolute atomic E-state index is 10.8. The predicted octanol–water partition coefficient (Wildman–Crippen LogP) is -0.143. The van der Waals surface area contributed by atoms with Crippen LogP contribution in [0.3, 0.4) is 0 Å². The van der Waals surface area contributed by atoms with Crippen molar-refractivity contribution in [1.29, 1.82) is 0 Å². The van der Waals surface area contributed by atoms with Crippen LogP contribution in [0.1, 0.15) is 19.3 Å². The van der Waals surface area contributed by atoms with Crippen LogP contribution < -0.4 is 5.73 Å². The van der Waals surface area contributed by atoms with E-state index in [9.17, 15) is 9.59 Å². The van der Waals surface area contributed by atoms with Crippen molar-refractivity contribution in [3.63, 3.8) is 0 Å². The van der Waals surface area contributed by atoms with Crippen LogP contribution in [0.2, 0.25) is 0 Å². The summed E-state index contributed by atoms with van der Waals surface area (Å²) in [6.45, 7) is 0.347. The fourth-order valence-corrected chi connectivity index (χ4v) is 0.630. The summed E-state index contributed by atoms with van der Waals surface area (Å²) in [7, 11) is 1.30. The lowest BCUT2D eigenvalue weighted by molar-refractivity contribution is -0.141. The third-order valence-electron chi connectivity index (χ3n) is 1.26. The van der Waals surface area contributed by atoms with Gasteiger partial charge in [0, 0.05) is 12.8 Å². The van der Waals surface area contributed by atoms with Crippen molar-refractivity contribution in [3.05, 3.63) is 0 Å². The first-order valence-electron chi connectivity index (χ1n) is 3.49. The third-order valence-corrected chi connectivity index (χ3v) is 1.26. The van der Waals surface area contributed by atoms with Gasteiger partial charge in [-0.1, -0.05) is 0 Å². The number of carbonyl (C=O) groups is 2. The minimum Gasteiger partial charge on any atom is -0.469 e. The maximum Gasteiger partial charge on any atom is 0.305 e. The maximum atomic E-state index is 10.8. The Morgan fingerprint density at radius 1 is 1.27 bits per heavy atom. The van der Waals surface area contributed by atoms with E-state index in [0.717, 1.165) is 0 Å². The molecule has 0 aliphatic rings. The van der Waals surface area contributed by atoms with Crippen LogP contribution in [-0.2, 0) is 14.3 Å². The minimum atomic E-state index is -0.352. The van der Waals surface area contributed by atoms with Gasteiger partial charge < -0.3 is 10.5 Å². The van der Waals surface area contributed by atoms with Crippen LogP contribution in [0, 0.1) is 0 Å². The highest BCUT2D eigenvalue weighted by molar-refractivity contribution is 5.82. The molecule has 0 radical (unpaired) electrons. The van der Waals surface area contributed by atoms with Crippen molar-refractivity contribution in [3.8, 4) is 0 Å². The second-order valence-electron chi connectivity index (χ2n) is 2.15. The molecule has 0 aromatic carbocycles. The molecule has 0 saturated heterocycles. The second kappa shape index (κ2) is 5.85. The van der Waals surface area contributed by atoms with Crippen molar-refractivity contribution in [2.75, 3.05) is 13.7 Å². The molecule has 4 heteroatoms. The minimum absolute atomic E-state index is 0.0119. The van der Waals surface area contributed by atoms with E-state index in [-0.39, 0.29) is 24.6 Å². The number of carbonyl (C=O) groups excluding carboxylic acids is 2. The molecular formula is C7H13NO3. The van der Waals surface area contributed by atoms with Gasteiger partial charge in [0.25, 0.3) is 0 Å². The Hall–Kier alpha value is -0.900. The molecule has 0 bridgehead atoms. The van der Waals surface area contributed by atoms with Gasteiger partial charge >= 0.3 is 5.97 Å². The lowest BCUT2D eigenvalue weighted by atomic mass is 10.2. The van der Waals surface area contributed by atoms with E-state index in [2.05, 4.69) is 4.74 Å². The van der Waals surface area contributed by atoms with Crippen molar-refractivity contribution in [2.24, 2.45) is 5.73 Å². The highest BCUT2D eigenvalue weighted by Gasteiger charge is 2.04. The molecule has 0 aliphatic heterocycles. The van der Waals surface area contributed by atoms with E-state index in [1.807, 2.05) is 0 Å². The Kier molecular flexibility index (Phi) is 5.37. The zero-order chi connectivity index (χ0) is 8.69. The van der Waals surface area contributed by atoms with Crippen molar-refractivity contribution < 1.29 is 14.3 Å². The summed E-state index contributed by atoms with van der Waals surface area (Å²) in [6.07, 6.45) is 0.746. The second-order valence-corrected chi connectivity index (χ2v) is 2.15. The van der Waals surface area contributed by atoms with E-state index >= 15 is 0 Å². The van der Waals surface area contributed by atoms with E-state index in [4.69, 9.17) is 5.73 Å². The van der Waals surface area contributed by atoms with Gasteiger partial charge in [0.1, 0.15) is 5.78 Å². The Morgan fingerprint density at radius 2 is 1.91 bits per heavy atom. The molecule has 0 heterocycles. The number of ether oxygens (including phenoxy) is 1. The first-order chi connectivity index (χ1) is 5.20. The molecule has 0 aromatic rings. The largest absolute Gasteiger partial charge is 0.469 e. The molecule has 2 N–H and O–H groups in total. The molecule has 4 nitrogen and oxygen atoms in total. The van der Waals surface area contributed by atoms with Gasteiger partial charge in [-0.15, -0.1) is 0 Å². The standard InChI is InChI=1S/C7H13NO3/c1-11-7(10)3-2-6(9)4-5-8/h2-5,8H2,1H3. The van der Waals surface area contributed by atoms with Crippen LogP contribution in [-0.4, -0.2) is 25.4 Å². The van der Waals surface area contributed by atoms with Gasteiger partial charge in [-0.3, -0.25) is 9.59 Å². The first kappa shape index (κ1) is 10.1. The Morgan fingerprint density at radius 3 is 2.36 bits per heavy atom. The highest BCUT2D eigenvalue weighted by Crippen LogP contribution is 1.95. The number of methoxy groups -OCH3 is 1. The van der Waals surface area contributed by atoms with E-state index < -0.39 is 0 Å². The third kappa shape index (κ3) is 5.54. The van der Waals surface area contributed by atoms with Gasteiger partial charge in [0.15, 0.2) is 0 Å². The summed E-state index contributed by atoms with van der Waals surface area (Å²) in [4.78, 5) is 21.3. The molecule has 0 fully saturated rings. The summed E-state index contributed by atoms with van der Waals surface area (Å²) in [5, 5.41) is 0. The highest BCUT2D eigenvalue weighted by atomic mass is 16.5. The number of hydrogen-bond acceptors (Lipinski definition) is 4. The number of Topliss-reactive ketones (excluding diaryl/α,β-unsaturated/α-hetero) is 1. The molecular weight excluding hydrogens is 146 g/mol. The number of esters is 1. The van der Waals surface area contributed by atoms with Crippen LogP contribution in [0.25, 0.3) is 0 Å². The molecule has 64 valence electrons. The summed E-state index contributed by atoms with van der Waals surface area (Å²) in [5.74, 6) is -0.340. The van der Waals surface area contributed by atoms with E-state index in [1.54, 1.807) is 0 Å². The lowest BCUT2D eigenvalue weighted by Gasteiger charge is -1.97. The van der Waals surface area contributed by atoms with Gasteiger partial charge in [0.2, 0.25) is 0 Å². The summed E-state index contributed by atoms with van der Waals surface area (Å²) >= 11 is 0. The Labute approximate surface area is 65.7 Å². The number of ketones is 1. The molecule has 0 unspecified atom stereocenters. The number of rotatable bonds is 5. The predicted molar refractivity (Wildman–Crippen MR) is 39.9 cm³/mol. The number of nitrogens with two attached hydrogens (primary N) is 1. The molecule has 11 heavy (non-hydrogen) atoms. The normalized spacial score (nSPS) is 9.27. The monoisotopic (exact) mass is 159 g/mol. The molecule has 0 saturated carbocycles. The SMILES string of the molecule is COC(=O)CCC(=O)CCN. The van der Waals surface area contributed by atoms with E-state index in [0.29, 0.717) is 13.0 Å². The number of hydrogen-bond donors (Lipinski definition) is 1. The van der Waals surface area contributed by atoms with Gasteiger partial charge in [0.05, 0.1) is 13.5 Å². The molecule has 0 amide bonds. The summed E-state index contributed by atoms with van der Waals surface area (Å²) < 4.78 is 4.36. The quantitative estimate of drug-likeness (QED) is 0.567. The smallest absolute Gasteiger partial charge is 0.305 e. The van der Waals surface area contributed by atoms with Crippen molar-refractivity contribution in [1.82, 2.24) is 0 Å². The molecule has 0 spiro atoms. The fraction of sp³-hybridized carbons (Fsp3) is 0.714. The molecule has 0 atom stereocenters. The Balaban J connectivity index is 3.38. The average molecular weight is 159 g/mol. The fourth-order valence-electron chi connectivity index (χ4n) is 0.630. The average Bonchev–Trinajstić information content (AvgIpc) is 2.01. The van der Waals surface area contributed by atoms with Crippen LogP contribution in [0.15, 0.2) is 0 Å². The molecule has 0 aromatic heterocycles. The van der Waals surface area contributed by atoms with Gasteiger partial charge in [-0.2, -0.15) is 0 Å². The topological polar surface area (TPSA) is 69.4 Å². The Bertz CT molecular complexity index is 145. The van der Waals surface area contributed by atoms with Crippen LogP contribution in [0.4, 0.5) is 0 Å². The van der Waals surface area contributed by atoms with Crippen LogP contribution >= 0.6 is 0 Å². The van der Waals surface area contributed by atoms with E-state index in [1.165, 1.54) is 7.11 Å². The molecule has 0 aliphatic carbocycles. The van der Waals surface area contributed by atoms with Crippen LogP contribution in [0.5, 0.6) is 0 Å². The lowest BCUT2D eigenvalue weighted by Crippen LogP contribution is -2.10. The van der Waals surface area contributed by atoms with Gasteiger partial charge in [-0.05, 0) is 6.54 Å². The summed E-state index contributed by atoms with van der Waals surface area (Å²) in [6, 6.07) is 0. The zero-order valence-electron chi connectivity index (χ0n) is 6.63. The zero-order valence-corrected chi connectivity index (χ0v) is 6.63. The van der Waals surface area contributed by atoms with Crippen molar-refractivity contribution in [2.45, 2.75) is 19.3 Å².